The number of hydrogen-bond donors (Lipinski definition) is 0. The summed E-state index contributed by atoms with van der Waals surface area (Å²) in [5, 5.41) is 0. The molecule has 1 rings (SSSR count). The van der Waals surface area contributed by atoms with E-state index in [9.17, 15) is 0 Å². The summed E-state index contributed by atoms with van der Waals surface area (Å²) < 4.78 is 5.46. The third-order valence-electron chi connectivity index (χ3n) is 4.61. The minimum atomic E-state index is 0.0781. The van der Waals surface area contributed by atoms with Crippen molar-refractivity contribution < 1.29 is 4.52 Å². The molecule has 0 aliphatic rings. The summed E-state index contributed by atoms with van der Waals surface area (Å²) in [4.78, 5) is 0. The molecular weight excluding hydrogens is 319 g/mol. The van der Waals surface area contributed by atoms with Gasteiger partial charge >= 0.3 is 0 Å². The molecule has 4 unspecified atom stereocenters. The van der Waals surface area contributed by atoms with E-state index in [1.54, 1.807) is 0 Å². The summed E-state index contributed by atoms with van der Waals surface area (Å²) in [6.45, 7) is 13.8. The summed E-state index contributed by atoms with van der Waals surface area (Å²) in [5.74, 6) is 3.02. The van der Waals surface area contributed by atoms with Gasteiger partial charge < -0.3 is 4.52 Å². The fraction of sp³-hybridized carbons (Fsp3) is 0.700. The van der Waals surface area contributed by atoms with Gasteiger partial charge in [-0.25, -0.2) is 0 Å². The van der Waals surface area contributed by atoms with Crippen molar-refractivity contribution in [1.82, 2.24) is 0 Å². The van der Waals surface area contributed by atoms with Crippen LogP contribution in [0.2, 0.25) is 0 Å². The Hall–Kier alpha value is -0.300. The van der Waals surface area contributed by atoms with E-state index in [1.165, 1.54) is 30.4 Å². The second-order valence-corrected chi connectivity index (χ2v) is 8.51. The van der Waals surface area contributed by atoms with Gasteiger partial charge in [0.1, 0.15) is 7.58 Å². The van der Waals surface area contributed by atoms with Gasteiger partial charge in [-0.05, 0) is 72.8 Å². The van der Waals surface area contributed by atoms with Gasteiger partial charge in [0.15, 0.2) is 0 Å². The Labute approximate surface area is 150 Å². The predicted octanol–water partition coefficient (Wildman–Crippen LogP) is 7.29. The van der Waals surface area contributed by atoms with E-state index in [4.69, 9.17) is 16.3 Å². The Morgan fingerprint density at radius 1 is 0.826 bits per heavy atom. The lowest BCUT2D eigenvalue weighted by Crippen LogP contribution is -2.09. The van der Waals surface area contributed by atoms with Crippen molar-refractivity contribution in [2.75, 3.05) is 0 Å². The van der Waals surface area contributed by atoms with Crippen LogP contribution in [0.5, 0.6) is 0 Å². The molecule has 0 N–H and O–H groups in total. The van der Waals surface area contributed by atoms with Crippen molar-refractivity contribution in [2.45, 2.75) is 72.8 Å². The highest BCUT2D eigenvalue weighted by Gasteiger charge is 2.15. The highest BCUT2D eigenvalue weighted by atomic mass is 32.4. The molecular formula is C20H33OPS. The average molecular weight is 353 g/mol. The quantitative estimate of drug-likeness (QED) is 0.409. The summed E-state index contributed by atoms with van der Waals surface area (Å²) >= 11 is 4.85. The second-order valence-electron chi connectivity index (χ2n) is 7.70. The number of rotatable bonds is 10. The van der Waals surface area contributed by atoms with Crippen LogP contribution in [-0.2, 0) is 16.3 Å². The van der Waals surface area contributed by atoms with Crippen LogP contribution in [0.4, 0.5) is 0 Å². The highest BCUT2D eigenvalue weighted by molar-refractivity contribution is 7.94. The topological polar surface area (TPSA) is 9.23 Å². The first-order valence-corrected chi connectivity index (χ1v) is 10.7. The Bertz CT molecular complexity index is 457. The lowest BCUT2D eigenvalue weighted by molar-refractivity contribution is 0.269. The van der Waals surface area contributed by atoms with Crippen LogP contribution in [0.1, 0.15) is 84.0 Å². The second kappa shape index (κ2) is 10.5. The van der Waals surface area contributed by atoms with Gasteiger partial charge in [0.2, 0.25) is 0 Å². The van der Waals surface area contributed by atoms with Crippen LogP contribution in [0.3, 0.4) is 0 Å². The third kappa shape index (κ3) is 7.88. The summed E-state index contributed by atoms with van der Waals surface area (Å²) in [5.41, 5.74) is 2.64. The molecule has 0 bridgehead atoms. The van der Waals surface area contributed by atoms with E-state index in [0.29, 0.717) is 13.5 Å². The van der Waals surface area contributed by atoms with E-state index in [-0.39, 0.29) is 6.10 Å². The fourth-order valence-electron chi connectivity index (χ4n) is 3.64. The molecule has 0 aliphatic heterocycles. The smallest absolute Gasteiger partial charge is 0.137 e. The minimum absolute atomic E-state index is 0.0781. The van der Waals surface area contributed by atoms with Crippen LogP contribution in [0, 0.1) is 17.8 Å². The van der Waals surface area contributed by atoms with Gasteiger partial charge in [-0.2, -0.15) is 0 Å². The van der Waals surface area contributed by atoms with Crippen molar-refractivity contribution in [3.8, 4) is 0 Å². The molecule has 4 atom stereocenters. The van der Waals surface area contributed by atoms with Crippen molar-refractivity contribution >= 4 is 19.4 Å². The Morgan fingerprint density at radius 2 is 1.35 bits per heavy atom. The fourth-order valence-corrected chi connectivity index (χ4v) is 4.28. The maximum Gasteiger partial charge on any atom is 0.137 e. The molecule has 0 heterocycles. The first-order valence-electron chi connectivity index (χ1n) is 8.91. The van der Waals surface area contributed by atoms with E-state index in [2.05, 4.69) is 65.8 Å². The van der Waals surface area contributed by atoms with Crippen LogP contribution >= 0.6 is 7.58 Å². The number of hydrogen-bond acceptors (Lipinski definition) is 2. The monoisotopic (exact) mass is 352 g/mol. The number of benzene rings is 1. The molecule has 0 spiro atoms. The first kappa shape index (κ1) is 20.7. The zero-order valence-corrected chi connectivity index (χ0v) is 17.3. The average Bonchev–Trinajstić information content (AvgIpc) is 2.46. The SMILES string of the molecule is CC(C)CC(C)CC(C)CC(C)c1ccc(C(C)OP=S)cc1. The van der Waals surface area contributed by atoms with Gasteiger partial charge in [0.05, 0.1) is 6.10 Å². The van der Waals surface area contributed by atoms with Crippen molar-refractivity contribution in [1.29, 1.82) is 0 Å². The molecule has 0 amide bonds. The Morgan fingerprint density at radius 3 is 1.87 bits per heavy atom. The summed E-state index contributed by atoms with van der Waals surface area (Å²) in [6, 6.07) is 8.88. The van der Waals surface area contributed by atoms with Gasteiger partial charge in [-0.1, -0.05) is 58.9 Å². The minimum Gasteiger partial charge on any atom is -0.309 e. The van der Waals surface area contributed by atoms with E-state index < -0.39 is 0 Å². The lowest BCUT2D eigenvalue weighted by atomic mass is 9.84. The Kier molecular flexibility index (Phi) is 9.51. The van der Waals surface area contributed by atoms with Gasteiger partial charge in [0, 0.05) is 0 Å². The van der Waals surface area contributed by atoms with Crippen LogP contribution in [0.15, 0.2) is 24.3 Å². The van der Waals surface area contributed by atoms with E-state index >= 15 is 0 Å². The van der Waals surface area contributed by atoms with Gasteiger partial charge in [-0.3, -0.25) is 0 Å². The zero-order valence-electron chi connectivity index (χ0n) is 15.6. The molecule has 1 aromatic carbocycles. The lowest BCUT2D eigenvalue weighted by Gasteiger charge is -2.22. The Balaban J connectivity index is 2.53. The van der Waals surface area contributed by atoms with Crippen molar-refractivity contribution in [3.05, 3.63) is 35.4 Å². The molecule has 23 heavy (non-hydrogen) atoms. The molecule has 0 saturated carbocycles. The molecule has 130 valence electrons. The third-order valence-corrected chi connectivity index (χ3v) is 5.27. The van der Waals surface area contributed by atoms with Crippen LogP contribution in [0.25, 0.3) is 0 Å². The maximum absolute atomic E-state index is 5.46. The van der Waals surface area contributed by atoms with E-state index in [0.717, 1.165) is 17.8 Å². The van der Waals surface area contributed by atoms with Gasteiger partial charge in [-0.15, -0.1) is 0 Å². The van der Waals surface area contributed by atoms with Crippen LogP contribution < -0.4 is 0 Å². The maximum atomic E-state index is 5.46. The molecule has 0 saturated heterocycles. The summed E-state index contributed by atoms with van der Waals surface area (Å²) in [7, 11) is 0.574. The standard InChI is InChI=1S/C20H33OPS/c1-14(2)11-15(3)12-16(4)13-17(5)19-7-9-20(10-8-19)18(6)21-22-23/h7-10,14-18H,11-13H2,1-6H3. The predicted molar refractivity (Wildman–Crippen MR) is 106 cm³/mol. The highest BCUT2D eigenvalue weighted by Crippen LogP contribution is 2.30. The largest absolute Gasteiger partial charge is 0.309 e. The molecule has 0 aromatic heterocycles. The molecule has 0 aliphatic carbocycles. The zero-order chi connectivity index (χ0) is 17.4. The molecule has 1 aromatic rings. The molecule has 0 fully saturated rings. The van der Waals surface area contributed by atoms with Gasteiger partial charge in [0.25, 0.3) is 0 Å². The van der Waals surface area contributed by atoms with E-state index in [1.807, 2.05) is 0 Å². The molecule has 0 radical (unpaired) electrons. The van der Waals surface area contributed by atoms with Crippen LogP contribution in [-0.4, -0.2) is 0 Å². The summed E-state index contributed by atoms with van der Waals surface area (Å²) in [6.07, 6.45) is 4.02. The normalized spacial score (nSPS) is 17.2. The first-order chi connectivity index (χ1) is 10.8. The molecule has 3 heteroatoms. The molecule has 1 nitrogen and oxygen atoms in total. The van der Waals surface area contributed by atoms with Crippen molar-refractivity contribution in [3.63, 3.8) is 0 Å². The van der Waals surface area contributed by atoms with Crippen molar-refractivity contribution in [2.24, 2.45) is 17.8 Å².